The quantitative estimate of drug-likeness (QED) is 0.485. The third kappa shape index (κ3) is 1.67. The molecule has 0 atom stereocenters. The van der Waals surface area contributed by atoms with Gasteiger partial charge in [-0.25, -0.2) is 0 Å². The van der Waals surface area contributed by atoms with E-state index in [-0.39, 0.29) is 0 Å². The number of rotatable bonds is 1. The van der Waals surface area contributed by atoms with Gasteiger partial charge in [0.25, 0.3) is 0 Å². The van der Waals surface area contributed by atoms with Crippen molar-refractivity contribution in [2.75, 3.05) is 0 Å². The summed E-state index contributed by atoms with van der Waals surface area (Å²) in [7, 11) is 0. The number of halogens is 1. The molecule has 0 aliphatic carbocycles. The molecule has 0 bridgehead atoms. The van der Waals surface area contributed by atoms with E-state index in [9.17, 15) is 0 Å². The molecule has 0 saturated carbocycles. The molecule has 0 aliphatic heterocycles. The summed E-state index contributed by atoms with van der Waals surface area (Å²) < 4.78 is 3.33. The summed E-state index contributed by atoms with van der Waals surface area (Å²) in [6, 6.07) is 20.8. The van der Waals surface area contributed by atoms with Crippen LogP contribution in [-0.4, -0.2) is 9.55 Å². The highest BCUT2D eigenvalue weighted by molar-refractivity contribution is 9.10. The van der Waals surface area contributed by atoms with Crippen molar-refractivity contribution in [2.24, 2.45) is 0 Å². The second-order valence-corrected chi connectivity index (χ2v) is 5.62. The molecule has 0 amide bonds. The van der Waals surface area contributed by atoms with Crippen LogP contribution in [0, 0.1) is 0 Å². The molecule has 20 heavy (non-hydrogen) atoms. The predicted molar refractivity (Wildman–Crippen MR) is 86.3 cm³/mol. The first-order chi connectivity index (χ1) is 9.84. The van der Waals surface area contributed by atoms with Crippen molar-refractivity contribution in [1.82, 2.24) is 9.55 Å². The second-order valence-electron chi connectivity index (χ2n) is 4.70. The Balaban J connectivity index is 2.23. The molecule has 0 spiro atoms. The Kier molecular flexibility index (Phi) is 2.60. The normalized spacial score (nSPS) is 11.2. The summed E-state index contributed by atoms with van der Waals surface area (Å²) in [6.45, 7) is 0. The van der Waals surface area contributed by atoms with E-state index >= 15 is 0 Å². The summed E-state index contributed by atoms with van der Waals surface area (Å²) in [5.41, 5.74) is 4.49. The number of benzene rings is 2. The average molecular weight is 323 g/mol. The first-order valence-electron chi connectivity index (χ1n) is 6.45. The first kappa shape index (κ1) is 11.7. The lowest BCUT2D eigenvalue weighted by Crippen LogP contribution is -1.92. The Hall–Kier alpha value is -2.13. The van der Waals surface area contributed by atoms with Crippen molar-refractivity contribution in [2.45, 2.75) is 0 Å². The highest BCUT2D eigenvalue weighted by Crippen LogP contribution is 2.32. The van der Waals surface area contributed by atoms with E-state index in [0.717, 1.165) is 21.2 Å². The molecule has 0 unspecified atom stereocenters. The predicted octanol–water partition coefficient (Wildman–Crippen LogP) is 4.94. The Morgan fingerprint density at radius 3 is 2.55 bits per heavy atom. The summed E-state index contributed by atoms with van der Waals surface area (Å²) >= 11 is 3.56. The SMILES string of the molecule is Brc1ccc2c3ncccc3n(-c3ccccc3)c2c1. The summed E-state index contributed by atoms with van der Waals surface area (Å²) in [5, 5.41) is 1.17. The molecule has 4 aromatic rings. The van der Waals surface area contributed by atoms with Crippen LogP contribution in [0.25, 0.3) is 27.6 Å². The van der Waals surface area contributed by atoms with Gasteiger partial charge in [0.1, 0.15) is 0 Å². The molecule has 0 aliphatic rings. The molecule has 0 saturated heterocycles. The van der Waals surface area contributed by atoms with Gasteiger partial charge in [0, 0.05) is 21.7 Å². The maximum absolute atomic E-state index is 4.55. The van der Waals surface area contributed by atoms with Crippen LogP contribution in [0.4, 0.5) is 0 Å². The zero-order valence-electron chi connectivity index (χ0n) is 10.6. The fourth-order valence-electron chi connectivity index (χ4n) is 2.66. The van der Waals surface area contributed by atoms with E-state index in [0.29, 0.717) is 0 Å². The highest BCUT2D eigenvalue weighted by Gasteiger charge is 2.12. The van der Waals surface area contributed by atoms with Gasteiger partial charge in [-0.15, -0.1) is 0 Å². The Morgan fingerprint density at radius 2 is 1.70 bits per heavy atom. The van der Waals surface area contributed by atoms with Crippen LogP contribution < -0.4 is 0 Å². The van der Waals surface area contributed by atoms with Crippen molar-refractivity contribution in [3.63, 3.8) is 0 Å². The van der Waals surface area contributed by atoms with E-state index in [1.807, 2.05) is 18.3 Å². The molecule has 2 heterocycles. The summed E-state index contributed by atoms with van der Waals surface area (Å²) in [5.74, 6) is 0. The maximum atomic E-state index is 4.55. The van der Waals surface area contributed by atoms with Crippen LogP contribution in [0.5, 0.6) is 0 Å². The van der Waals surface area contributed by atoms with Crippen molar-refractivity contribution in [3.05, 3.63) is 71.3 Å². The smallest absolute Gasteiger partial charge is 0.0963 e. The lowest BCUT2D eigenvalue weighted by Gasteiger charge is -2.07. The molecule has 0 N–H and O–H groups in total. The van der Waals surface area contributed by atoms with Gasteiger partial charge in [0.2, 0.25) is 0 Å². The third-order valence-corrected chi connectivity index (χ3v) is 3.99. The van der Waals surface area contributed by atoms with Crippen LogP contribution in [0.1, 0.15) is 0 Å². The number of pyridine rings is 1. The minimum absolute atomic E-state index is 1.04. The van der Waals surface area contributed by atoms with Crippen LogP contribution in [-0.2, 0) is 0 Å². The lowest BCUT2D eigenvalue weighted by atomic mass is 10.2. The van der Waals surface area contributed by atoms with Gasteiger partial charge >= 0.3 is 0 Å². The molecule has 4 rings (SSSR count). The Bertz CT molecular complexity index is 910. The van der Waals surface area contributed by atoms with Gasteiger partial charge in [-0.05, 0) is 42.5 Å². The topological polar surface area (TPSA) is 17.8 Å². The fraction of sp³-hybridized carbons (Fsp3) is 0. The van der Waals surface area contributed by atoms with E-state index in [1.54, 1.807) is 0 Å². The highest BCUT2D eigenvalue weighted by atomic mass is 79.9. The molecule has 3 heteroatoms. The van der Waals surface area contributed by atoms with Gasteiger partial charge in [0.15, 0.2) is 0 Å². The number of hydrogen-bond donors (Lipinski definition) is 0. The lowest BCUT2D eigenvalue weighted by molar-refractivity contribution is 1.17. The van der Waals surface area contributed by atoms with E-state index in [2.05, 4.69) is 74.0 Å². The molecule has 2 aromatic heterocycles. The van der Waals surface area contributed by atoms with Crippen LogP contribution in [0.15, 0.2) is 71.3 Å². The summed E-state index contributed by atoms with van der Waals surface area (Å²) in [4.78, 5) is 4.55. The van der Waals surface area contributed by atoms with E-state index in [1.165, 1.54) is 10.9 Å². The zero-order chi connectivity index (χ0) is 13.5. The monoisotopic (exact) mass is 322 g/mol. The van der Waals surface area contributed by atoms with Gasteiger partial charge in [-0.1, -0.05) is 34.1 Å². The zero-order valence-corrected chi connectivity index (χ0v) is 12.2. The van der Waals surface area contributed by atoms with E-state index in [4.69, 9.17) is 0 Å². The average Bonchev–Trinajstić information content (AvgIpc) is 2.81. The van der Waals surface area contributed by atoms with Crippen molar-refractivity contribution >= 4 is 37.9 Å². The van der Waals surface area contributed by atoms with Crippen molar-refractivity contribution < 1.29 is 0 Å². The Labute approximate surface area is 124 Å². The number of fused-ring (bicyclic) bond motifs is 3. The van der Waals surface area contributed by atoms with Crippen molar-refractivity contribution in [1.29, 1.82) is 0 Å². The number of para-hydroxylation sites is 1. The number of nitrogens with zero attached hydrogens (tertiary/aromatic N) is 2. The van der Waals surface area contributed by atoms with Gasteiger partial charge in [0.05, 0.1) is 16.6 Å². The largest absolute Gasteiger partial charge is 0.308 e. The van der Waals surface area contributed by atoms with Crippen molar-refractivity contribution in [3.8, 4) is 5.69 Å². The molecule has 96 valence electrons. The molecule has 2 aromatic carbocycles. The standard InChI is InChI=1S/C17H11BrN2/c18-12-8-9-14-16(11-12)20(13-5-2-1-3-6-13)15-7-4-10-19-17(14)15/h1-11H. The second kappa shape index (κ2) is 4.46. The Morgan fingerprint density at radius 1 is 0.850 bits per heavy atom. The van der Waals surface area contributed by atoms with Gasteiger partial charge in [-0.3, -0.25) is 4.98 Å². The number of hydrogen-bond acceptors (Lipinski definition) is 1. The molecular formula is C17H11BrN2. The van der Waals surface area contributed by atoms with Crippen LogP contribution in [0.3, 0.4) is 0 Å². The third-order valence-electron chi connectivity index (χ3n) is 3.50. The van der Waals surface area contributed by atoms with E-state index < -0.39 is 0 Å². The first-order valence-corrected chi connectivity index (χ1v) is 7.24. The van der Waals surface area contributed by atoms with Crippen LogP contribution in [0.2, 0.25) is 0 Å². The van der Waals surface area contributed by atoms with Crippen LogP contribution >= 0.6 is 15.9 Å². The molecule has 2 nitrogen and oxygen atoms in total. The molecule has 0 fully saturated rings. The maximum Gasteiger partial charge on any atom is 0.0963 e. The van der Waals surface area contributed by atoms with Gasteiger partial charge in [-0.2, -0.15) is 0 Å². The number of aromatic nitrogens is 2. The minimum Gasteiger partial charge on any atom is -0.308 e. The van der Waals surface area contributed by atoms with Gasteiger partial charge < -0.3 is 4.57 Å². The fourth-order valence-corrected chi connectivity index (χ4v) is 3.01. The summed E-state index contributed by atoms with van der Waals surface area (Å²) in [6.07, 6.45) is 1.85. The minimum atomic E-state index is 1.04. The molecule has 0 radical (unpaired) electrons. The molecular weight excluding hydrogens is 312 g/mol.